The van der Waals surface area contributed by atoms with Crippen molar-refractivity contribution in [1.29, 1.82) is 0 Å². The van der Waals surface area contributed by atoms with Crippen LogP contribution in [0, 0.1) is 12.7 Å². The molecule has 3 aromatic rings. The van der Waals surface area contributed by atoms with Crippen LogP contribution in [-0.4, -0.2) is 59.0 Å². The maximum Gasteiger partial charge on any atom is 0.269 e. The van der Waals surface area contributed by atoms with Crippen LogP contribution in [0.15, 0.2) is 35.3 Å². The number of anilines is 1. The number of aryl methyl sites for hydroxylation is 1. The Kier molecular flexibility index (Phi) is 5.45. The van der Waals surface area contributed by atoms with Crippen LogP contribution < -0.4 is 15.8 Å². The lowest BCUT2D eigenvalue weighted by Crippen LogP contribution is -2.46. The number of halogens is 1. The molecule has 0 bridgehead atoms. The molecule has 4 rings (SSSR count). The van der Waals surface area contributed by atoms with Crippen molar-refractivity contribution in [2.45, 2.75) is 13.5 Å². The Morgan fingerprint density at radius 2 is 1.97 bits per heavy atom. The lowest BCUT2D eigenvalue weighted by molar-refractivity contribution is 0.0958. The smallest absolute Gasteiger partial charge is 0.269 e. The van der Waals surface area contributed by atoms with Gasteiger partial charge in [-0.15, -0.1) is 0 Å². The van der Waals surface area contributed by atoms with Gasteiger partial charge in [0, 0.05) is 45.3 Å². The minimum atomic E-state index is -0.423. The first-order valence-electron chi connectivity index (χ1n) is 9.79. The van der Waals surface area contributed by atoms with Crippen LogP contribution in [0.1, 0.15) is 21.7 Å². The first kappa shape index (κ1) is 20.0. The highest BCUT2D eigenvalue weighted by molar-refractivity contribution is 5.92. The fourth-order valence-electron chi connectivity index (χ4n) is 3.62. The molecule has 1 amide bonds. The predicted octanol–water partition coefficient (Wildman–Crippen LogP) is 1.45. The van der Waals surface area contributed by atoms with Crippen molar-refractivity contribution in [3.8, 4) is 0 Å². The van der Waals surface area contributed by atoms with E-state index in [0.29, 0.717) is 29.0 Å². The molecule has 0 atom stereocenters. The van der Waals surface area contributed by atoms with Gasteiger partial charge in [0.25, 0.3) is 11.5 Å². The normalized spacial score (nSPS) is 14.8. The summed E-state index contributed by atoms with van der Waals surface area (Å²) in [5.41, 5.74) is 2.43. The summed E-state index contributed by atoms with van der Waals surface area (Å²) >= 11 is 0. The van der Waals surface area contributed by atoms with Crippen LogP contribution >= 0.6 is 0 Å². The number of H-pyrrole nitrogens is 1. The zero-order chi connectivity index (χ0) is 21.3. The number of benzene rings is 1. The van der Waals surface area contributed by atoms with E-state index < -0.39 is 5.82 Å². The van der Waals surface area contributed by atoms with E-state index in [1.54, 1.807) is 38.4 Å². The number of piperazine rings is 1. The molecule has 1 fully saturated rings. The van der Waals surface area contributed by atoms with Crippen molar-refractivity contribution in [1.82, 2.24) is 25.2 Å². The first-order valence-corrected chi connectivity index (χ1v) is 9.79. The van der Waals surface area contributed by atoms with Crippen molar-refractivity contribution < 1.29 is 9.18 Å². The number of carbonyl (C=O) groups is 1. The number of hydrogen-bond donors (Lipinski definition) is 2. The van der Waals surface area contributed by atoms with Crippen LogP contribution in [0.3, 0.4) is 0 Å². The highest BCUT2D eigenvalue weighted by Crippen LogP contribution is 2.21. The SMILES string of the molecule is CNC(=O)c1ccc(N2CCN(Cc3ccc4nc(C)c(=O)[nH]c4c3F)CC2)cn1. The summed E-state index contributed by atoms with van der Waals surface area (Å²) in [6.07, 6.45) is 1.70. The third kappa shape index (κ3) is 3.88. The van der Waals surface area contributed by atoms with E-state index >= 15 is 0 Å². The Morgan fingerprint density at radius 1 is 1.20 bits per heavy atom. The molecule has 2 aromatic heterocycles. The fourth-order valence-corrected chi connectivity index (χ4v) is 3.62. The summed E-state index contributed by atoms with van der Waals surface area (Å²) in [4.78, 5) is 38.7. The molecule has 0 saturated carbocycles. The molecule has 0 radical (unpaired) electrons. The zero-order valence-corrected chi connectivity index (χ0v) is 16.9. The minimum absolute atomic E-state index is 0.156. The van der Waals surface area contributed by atoms with E-state index in [2.05, 4.69) is 30.1 Å². The Hall–Kier alpha value is -3.33. The average Bonchev–Trinajstić information content (AvgIpc) is 2.77. The van der Waals surface area contributed by atoms with Gasteiger partial charge in [0.05, 0.1) is 17.4 Å². The third-order valence-electron chi connectivity index (χ3n) is 5.39. The van der Waals surface area contributed by atoms with Gasteiger partial charge in [-0.25, -0.2) is 14.4 Å². The highest BCUT2D eigenvalue weighted by Gasteiger charge is 2.20. The number of nitrogens with one attached hydrogen (secondary N) is 2. The number of pyridine rings is 1. The lowest BCUT2D eigenvalue weighted by atomic mass is 10.1. The number of nitrogens with zero attached hydrogens (tertiary/aromatic N) is 4. The second-order valence-corrected chi connectivity index (χ2v) is 7.33. The van der Waals surface area contributed by atoms with Gasteiger partial charge in [0.1, 0.15) is 16.9 Å². The minimum Gasteiger partial charge on any atom is -0.368 e. The first-order chi connectivity index (χ1) is 14.5. The molecule has 2 N–H and O–H groups in total. The maximum atomic E-state index is 14.9. The van der Waals surface area contributed by atoms with Crippen LogP contribution in [0.25, 0.3) is 11.0 Å². The summed E-state index contributed by atoms with van der Waals surface area (Å²) in [5, 5.41) is 2.55. The van der Waals surface area contributed by atoms with Crippen molar-refractivity contribution in [2.24, 2.45) is 0 Å². The van der Waals surface area contributed by atoms with Gasteiger partial charge in [0.15, 0.2) is 5.82 Å². The zero-order valence-electron chi connectivity index (χ0n) is 16.9. The second kappa shape index (κ2) is 8.19. The summed E-state index contributed by atoms with van der Waals surface area (Å²) in [7, 11) is 1.57. The molecular formula is C21H23FN6O2. The van der Waals surface area contributed by atoms with Gasteiger partial charge in [0.2, 0.25) is 0 Å². The average molecular weight is 410 g/mol. The van der Waals surface area contributed by atoms with Gasteiger partial charge in [-0.1, -0.05) is 6.07 Å². The molecule has 8 nitrogen and oxygen atoms in total. The molecule has 0 unspecified atom stereocenters. The van der Waals surface area contributed by atoms with Gasteiger partial charge < -0.3 is 15.2 Å². The fraction of sp³-hybridized carbons (Fsp3) is 0.333. The monoisotopic (exact) mass is 410 g/mol. The Morgan fingerprint density at radius 3 is 2.63 bits per heavy atom. The van der Waals surface area contributed by atoms with Crippen LogP contribution in [0.4, 0.5) is 10.1 Å². The standard InChI is InChI=1S/C21H23FN6O2/c1-13-20(29)26-19-16(25-13)5-3-14(18(19)22)12-27-7-9-28(10-8-27)15-4-6-17(24-11-15)21(30)23-2/h3-6,11H,7-10,12H2,1-2H3,(H,23,30)(H,26,29). The third-order valence-corrected chi connectivity index (χ3v) is 5.39. The number of amides is 1. The van der Waals surface area contributed by atoms with Crippen molar-refractivity contribution >= 4 is 22.6 Å². The van der Waals surface area contributed by atoms with Gasteiger partial charge in [-0.2, -0.15) is 0 Å². The Labute approximate surface area is 172 Å². The molecule has 0 aliphatic carbocycles. The van der Waals surface area contributed by atoms with E-state index in [1.807, 2.05) is 6.07 Å². The Balaban J connectivity index is 1.42. The lowest BCUT2D eigenvalue weighted by Gasteiger charge is -2.36. The number of carbonyl (C=O) groups excluding carboxylic acids is 1. The van der Waals surface area contributed by atoms with Crippen molar-refractivity contribution in [3.05, 3.63) is 63.6 Å². The van der Waals surface area contributed by atoms with Crippen molar-refractivity contribution in [2.75, 3.05) is 38.1 Å². The number of hydrogen-bond acceptors (Lipinski definition) is 6. The second-order valence-electron chi connectivity index (χ2n) is 7.33. The molecule has 1 aliphatic heterocycles. The van der Waals surface area contributed by atoms with Crippen molar-refractivity contribution in [3.63, 3.8) is 0 Å². The summed E-state index contributed by atoms with van der Waals surface area (Å²) in [6, 6.07) is 7.08. The van der Waals surface area contributed by atoms with Crippen LogP contribution in [-0.2, 0) is 6.54 Å². The number of aromatic nitrogens is 3. The van der Waals surface area contributed by atoms with E-state index in [0.717, 1.165) is 31.9 Å². The highest BCUT2D eigenvalue weighted by atomic mass is 19.1. The van der Waals surface area contributed by atoms with E-state index in [-0.39, 0.29) is 17.0 Å². The Bertz CT molecular complexity index is 1140. The largest absolute Gasteiger partial charge is 0.368 e. The molecule has 1 aliphatic rings. The summed E-state index contributed by atoms with van der Waals surface area (Å²) in [5.74, 6) is -0.635. The predicted molar refractivity (Wildman–Crippen MR) is 112 cm³/mol. The van der Waals surface area contributed by atoms with Crippen LogP contribution in [0.5, 0.6) is 0 Å². The van der Waals surface area contributed by atoms with Gasteiger partial charge in [-0.05, 0) is 25.1 Å². The molecule has 30 heavy (non-hydrogen) atoms. The maximum absolute atomic E-state index is 14.9. The number of fused-ring (bicyclic) bond motifs is 1. The summed E-state index contributed by atoms with van der Waals surface area (Å²) in [6.45, 7) is 5.13. The summed E-state index contributed by atoms with van der Waals surface area (Å²) < 4.78 is 14.9. The molecular weight excluding hydrogens is 387 g/mol. The van der Waals surface area contributed by atoms with Gasteiger partial charge >= 0.3 is 0 Å². The van der Waals surface area contributed by atoms with Crippen LogP contribution in [0.2, 0.25) is 0 Å². The molecule has 156 valence electrons. The quantitative estimate of drug-likeness (QED) is 0.676. The topological polar surface area (TPSA) is 94.2 Å². The molecule has 1 aromatic carbocycles. The number of aromatic amines is 1. The molecule has 3 heterocycles. The van der Waals surface area contributed by atoms with E-state index in [9.17, 15) is 14.0 Å². The van der Waals surface area contributed by atoms with E-state index in [4.69, 9.17) is 0 Å². The van der Waals surface area contributed by atoms with Gasteiger partial charge in [-0.3, -0.25) is 14.5 Å². The molecule has 9 heteroatoms. The number of rotatable bonds is 4. The molecule has 1 saturated heterocycles. The molecule has 0 spiro atoms. The van der Waals surface area contributed by atoms with E-state index in [1.165, 1.54) is 0 Å².